The number of benzene rings is 1. The van der Waals surface area contributed by atoms with Gasteiger partial charge in [-0.25, -0.2) is 4.79 Å². The van der Waals surface area contributed by atoms with Crippen LogP contribution >= 0.6 is 0 Å². The van der Waals surface area contributed by atoms with Crippen molar-refractivity contribution in [1.29, 1.82) is 0 Å². The number of carbonyl (C=O) groups excluding carboxylic acids is 1. The Kier molecular flexibility index (Phi) is 3.97. The van der Waals surface area contributed by atoms with E-state index in [-0.39, 0.29) is 5.69 Å². The number of nitrogens with two attached hydrogens (primary N) is 1. The van der Waals surface area contributed by atoms with Gasteiger partial charge in [0.05, 0.1) is 11.1 Å². The molecule has 1 amide bonds. The maximum atomic E-state index is 12.5. The highest BCUT2D eigenvalue weighted by Crippen LogP contribution is 2.32. The van der Waals surface area contributed by atoms with Crippen molar-refractivity contribution >= 4 is 17.6 Å². The van der Waals surface area contributed by atoms with E-state index in [0.29, 0.717) is 6.07 Å². The quantitative estimate of drug-likeness (QED) is 0.791. The van der Waals surface area contributed by atoms with E-state index in [0.717, 1.165) is 12.1 Å². The lowest BCUT2D eigenvalue weighted by Crippen LogP contribution is -2.45. The molecule has 1 rings (SSSR count). The fourth-order valence-corrected chi connectivity index (χ4v) is 1.40. The van der Waals surface area contributed by atoms with Crippen molar-refractivity contribution in [2.24, 2.45) is 5.73 Å². The van der Waals surface area contributed by atoms with Crippen molar-refractivity contribution in [1.82, 2.24) is 0 Å². The molecule has 0 radical (unpaired) electrons. The van der Waals surface area contributed by atoms with Crippen LogP contribution < -0.4 is 11.1 Å². The Labute approximate surface area is 112 Å². The molecule has 8 heteroatoms. The van der Waals surface area contributed by atoms with Gasteiger partial charge in [0.25, 0.3) is 0 Å². The number of aromatic carboxylic acids is 1. The summed E-state index contributed by atoms with van der Waals surface area (Å²) in [5.74, 6) is -2.31. The summed E-state index contributed by atoms with van der Waals surface area (Å²) in [7, 11) is 0. The highest BCUT2D eigenvalue weighted by Gasteiger charge is 2.33. The van der Waals surface area contributed by atoms with E-state index >= 15 is 0 Å². The van der Waals surface area contributed by atoms with Crippen LogP contribution in [0.4, 0.5) is 18.9 Å². The van der Waals surface area contributed by atoms with Crippen LogP contribution in [-0.4, -0.2) is 22.5 Å². The Morgan fingerprint density at radius 3 is 2.20 bits per heavy atom. The fraction of sp³-hybridized carbons (Fsp3) is 0.333. The Balaban J connectivity index is 3.28. The number of carbonyl (C=O) groups is 2. The van der Waals surface area contributed by atoms with Gasteiger partial charge in [-0.15, -0.1) is 0 Å². The van der Waals surface area contributed by atoms with Gasteiger partial charge in [0, 0.05) is 5.69 Å². The number of hydrogen-bond acceptors (Lipinski definition) is 3. The lowest BCUT2D eigenvalue weighted by molar-refractivity contribution is -0.137. The summed E-state index contributed by atoms with van der Waals surface area (Å²) in [5, 5.41) is 11.5. The van der Waals surface area contributed by atoms with E-state index in [1.54, 1.807) is 0 Å². The summed E-state index contributed by atoms with van der Waals surface area (Å²) in [4.78, 5) is 22.2. The number of alkyl halides is 3. The highest BCUT2D eigenvalue weighted by atomic mass is 19.4. The van der Waals surface area contributed by atoms with Gasteiger partial charge in [-0.1, -0.05) is 0 Å². The zero-order chi connectivity index (χ0) is 15.7. The summed E-state index contributed by atoms with van der Waals surface area (Å²) in [6.07, 6.45) is -4.65. The Morgan fingerprint density at radius 2 is 1.80 bits per heavy atom. The molecule has 0 aliphatic rings. The van der Waals surface area contributed by atoms with Gasteiger partial charge in [-0.2, -0.15) is 13.2 Å². The third-order valence-corrected chi connectivity index (χ3v) is 2.64. The topological polar surface area (TPSA) is 92.4 Å². The first-order valence-electron chi connectivity index (χ1n) is 5.48. The molecule has 0 aliphatic heterocycles. The molecule has 0 saturated carbocycles. The normalized spacial score (nSPS) is 12.1. The number of amides is 1. The smallest absolute Gasteiger partial charge is 0.416 e. The van der Waals surface area contributed by atoms with E-state index in [9.17, 15) is 22.8 Å². The van der Waals surface area contributed by atoms with Crippen molar-refractivity contribution in [2.45, 2.75) is 25.6 Å². The third-order valence-electron chi connectivity index (χ3n) is 2.64. The molecule has 5 nitrogen and oxygen atoms in total. The van der Waals surface area contributed by atoms with Gasteiger partial charge >= 0.3 is 12.1 Å². The van der Waals surface area contributed by atoms with E-state index in [1.165, 1.54) is 13.8 Å². The van der Waals surface area contributed by atoms with Crippen molar-refractivity contribution in [3.8, 4) is 0 Å². The molecule has 0 saturated heterocycles. The molecule has 0 aliphatic carbocycles. The number of primary amides is 1. The van der Waals surface area contributed by atoms with Gasteiger partial charge in [0.1, 0.15) is 5.54 Å². The van der Waals surface area contributed by atoms with E-state index in [1.807, 2.05) is 0 Å². The molecule has 110 valence electrons. The average Bonchev–Trinajstić information content (AvgIpc) is 2.26. The number of carboxylic acid groups (broad SMARTS) is 1. The Hall–Kier alpha value is -2.25. The average molecular weight is 290 g/mol. The second-order valence-corrected chi connectivity index (χ2v) is 4.68. The Morgan fingerprint density at radius 1 is 1.25 bits per heavy atom. The minimum absolute atomic E-state index is 0.116. The molecule has 0 spiro atoms. The zero-order valence-electron chi connectivity index (χ0n) is 10.7. The van der Waals surface area contributed by atoms with Crippen LogP contribution in [0.2, 0.25) is 0 Å². The number of hydrogen-bond donors (Lipinski definition) is 3. The first-order chi connectivity index (χ1) is 8.95. The molecule has 0 aromatic heterocycles. The van der Waals surface area contributed by atoms with Crippen molar-refractivity contribution in [3.63, 3.8) is 0 Å². The lowest BCUT2D eigenvalue weighted by Gasteiger charge is -2.25. The van der Waals surface area contributed by atoms with Crippen LogP contribution in [0.25, 0.3) is 0 Å². The molecule has 20 heavy (non-hydrogen) atoms. The number of halogens is 3. The van der Waals surface area contributed by atoms with Crippen LogP contribution in [0.3, 0.4) is 0 Å². The number of carboxylic acids is 1. The van der Waals surface area contributed by atoms with E-state index in [4.69, 9.17) is 10.8 Å². The van der Waals surface area contributed by atoms with Crippen LogP contribution in [0, 0.1) is 0 Å². The van der Waals surface area contributed by atoms with Crippen molar-refractivity contribution < 1.29 is 27.9 Å². The molecule has 1 aromatic rings. The molecule has 1 aromatic carbocycles. The van der Waals surface area contributed by atoms with Crippen molar-refractivity contribution in [3.05, 3.63) is 29.3 Å². The molecule has 0 heterocycles. The van der Waals surface area contributed by atoms with Gasteiger partial charge in [0.15, 0.2) is 0 Å². The molecule has 0 bridgehead atoms. The number of nitrogens with one attached hydrogen (secondary N) is 1. The summed E-state index contributed by atoms with van der Waals surface area (Å²) in [5.41, 5.74) is 2.02. The summed E-state index contributed by atoms with van der Waals surface area (Å²) >= 11 is 0. The largest absolute Gasteiger partial charge is 0.478 e. The maximum absolute atomic E-state index is 12.5. The van der Waals surface area contributed by atoms with Crippen LogP contribution in [-0.2, 0) is 11.0 Å². The SMILES string of the molecule is CC(C)(Nc1ccc(C(F)(F)F)cc1C(=O)O)C(N)=O. The second-order valence-electron chi connectivity index (χ2n) is 4.68. The van der Waals surface area contributed by atoms with Gasteiger partial charge < -0.3 is 16.2 Å². The summed E-state index contributed by atoms with van der Waals surface area (Å²) in [6.45, 7) is 2.78. The molecular weight excluding hydrogens is 277 g/mol. The minimum Gasteiger partial charge on any atom is -0.478 e. The van der Waals surface area contributed by atoms with Crippen LogP contribution in [0.15, 0.2) is 18.2 Å². The molecule has 4 N–H and O–H groups in total. The standard InChI is InChI=1S/C12H13F3N2O3/c1-11(2,10(16)20)17-8-4-3-6(12(13,14)15)5-7(8)9(18)19/h3-5,17H,1-2H3,(H2,16,20)(H,18,19). The third kappa shape index (κ3) is 3.40. The van der Waals surface area contributed by atoms with Gasteiger partial charge in [-0.05, 0) is 32.0 Å². The maximum Gasteiger partial charge on any atom is 0.416 e. The van der Waals surface area contributed by atoms with Gasteiger partial charge in [-0.3, -0.25) is 4.79 Å². The van der Waals surface area contributed by atoms with Crippen LogP contribution in [0.1, 0.15) is 29.8 Å². The molecule has 0 atom stereocenters. The predicted molar refractivity (Wildman–Crippen MR) is 65.3 cm³/mol. The Bertz CT molecular complexity index is 553. The lowest BCUT2D eigenvalue weighted by atomic mass is 10.0. The minimum atomic E-state index is -4.65. The fourth-order valence-electron chi connectivity index (χ4n) is 1.40. The first-order valence-corrected chi connectivity index (χ1v) is 5.48. The predicted octanol–water partition coefficient (Wildman–Crippen LogP) is 2.08. The number of anilines is 1. The highest BCUT2D eigenvalue weighted by molar-refractivity contribution is 5.96. The molecule has 0 fully saturated rings. The zero-order valence-corrected chi connectivity index (χ0v) is 10.7. The second kappa shape index (κ2) is 5.03. The van der Waals surface area contributed by atoms with Gasteiger partial charge in [0.2, 0.25) is 5.91 Å². The van der Waals surface area contributed by atoms with Crippen molar-refractivity contribution in [2.75, 3.05) is 5.32 Å². The monoisotopic (exact) mass is 290 g/mol. The van der Waals surface area contributed by atoms with Crippen LogP contribution in [0.5, 0.6) is 0 Å². The van der Waals surface area contributed by atoms with E-state index < -0.39 is 34.7 Å². The first kappa shape index (κ1) is 15.8. The molecule has 0 unspecified atom stereocenters. The summed E-state index contributed by atoms with van der Waals surface area (Å²) in [6, 6.07) is 2.19. The number of rotatable bonds is 4. The summed E-state index contributed by atoms with van der Waals surface area (Å²) < 4.78 is 37.6. The molecular formula is C12H13F3N2O3. The van der Waals surface area contributed by atoms with E-state index in [2.05, 4.69) is 5.32 Å².